The van der Waals surface area contributed by atoms with Crippen LogP contribution in [0.25, 0.3) is 0 Å². The lowest BCUT2D eigenvalue weighted by Gasteiger charge is -2.22. The molecule has 4 nitrogen and oxygen atoms in total. The molecule has 6 heteroatoms. The molecule has 0 aromatic heterocycles. The molecule has 0 spiro atoms. The summed E-state index contributed by atoms with van der Waals surface area (Å²) in [5.41, 5.74) is 0.335. The van der Waals surface area contributed by atoms with E-state index in [0.717, 1.165) is 0 Å². The Morgan fingerprint density at radius 1 is 1.44 bits per heavy atom. The summed E-state index contributed by atoms with van der Waals surface area (Å²) in [6, 6.07) is 7.91. The molecular formula is C12H16N2O2S2. The molecule has 0 bridgehead atoms. The van der Waals surface area contributed by atoms with Gasteiger partial charge in [0.1, 0.15) is 0 Å². The van der Waals surface area contributed by atoms with Crippen molar-refractivity contribution < 1.29 is 8.42 Å². The molecule has 1 aromatic carbocycles. The van der Waals surface area contributed by atoms with Crippen LogP contribution in [-0.4, -0.2) is 26.0 Å². The fourth-order valence-electron chi connectivity index (χ4n) is 1.16. The lowest BCUT2D eigenvalue weighted by atomic mass is 10.2. The first kappa shape index (κ1) is 15.0. The van der Waals surface area contributed by atoms with Crippen LogP contribution in [0.15, 0.2) is 29.2 Å². The lowest BCUT2D eigenvalue weighted by molar-refractivity contribution is 0.570. The van der Waals surface area contributed by atoms with Crippen LogP contribution in [0.5, 0.6) is 0 Å². The zero-order valence-electron chi connectivity index (χ0n) is 10.6. The maximum Gasteiger partial charge on any atom is 0.240 e. The van der Waals surface area contributed by atoms with E-state index in [1.165, 1.54) is 12.1 Å². The van der Waals surface area contributed by atoms with Gasteiger partial charge in [0.2, 0.25) is 10.0 Å². The van der Waals surface area contributed by atoms with Gasteiger partial charge in [0.05, 0.1) is 16.5 Å². The van der Waals surface area contributed by atoms with Gasteiger partial charge in [-0.1, -0.05) is 6.07 Å². The van der Waals surface area contributed by atoms with Gasteiger partial charge in [0.25, 0.3) is 0 Å². The van der Waals surface area contributed by atoms with Crippen molar-refractivity contribution in [1.29, 1.82) is 5.26 Å². The van der Waals surface area contributed by atoms with Crippen molar-refractivity contribution in [3.8, 4) is 6.07 Å². The molecule has 0 atom stereocenters. The van der Waals surface area contributed by atoms with E-state index in [2.05, 4.69) is 4.72 Å². The Morgan fingerprint density at radius 3 is 2.67 bits per heavy atom. The Hall–Kier alpha value is -1.03. The van der Waals surface area contributed by atoms with Gasteiger partial charge in [-0.25, -0.2) is 13.1 Å². The second-order valence-electron chi connectivity index (χ2n) is 4.43. The van der Waals surface area contributed by atoms with E-state index in [1.807, 2.05) is 26.2 Å². The van der Waals surface area contributed by atoms with E-state index in [0.29, 0.717) is 12.1 Å². The van der Waals surface area contributed by atoms with Gasteiger partial charge >= 0.3 is 0 Å². The minimum Gasteiger partial charge on any atom is -0.210 e. The van der Waals surface area contributed by atoms with Crippen molar-refractivity contribution in [1.82, 2.24) is 4.72 Å². The number of nitrogens with one attached hydrogen (secondary N) is 1. The van der Waals surface area contributed by atoms with Crippen molar-refractivity contribution in [2.24, 2.45) is 0 Å². The summed E-state index contributed by atoms with van der Waals surface area (Å²) in [4.78, 5) is 0.124. The molecule has 0 aliphatic carbocycles. The second kappa shape index (κ2) is 5.74. The summed E-state index contributed by atoms with van der Waals surface area (Å²) in [6.07, 6.45) is 1.94. The number of sulfonamides is 1. The van der Waals surface area contributed by atoms with Gasteiger partial charge in [-0.05, 0) is 38.3 Å². The quantitative estimate of drug-likeness (QED) is 0.897. The van der Waals surface area contributed by atoms with E-state index in [1.54, 1.807) is 23.9 Å². The van der Waals surface area contributed by atoms with Crippen LogP contribution in [0, 0.1) is 11.3 Å². The predicted octanol–water partition coefficient (Wildman–Crippen LogP) is 1.98. The third-order valence-corrected chi connectivity index (χ3v) is 5.16. The largest absolute Gasteiger partial charge is 0.240 e. The number of hydrogen-bond donors (Lipinski definition) is 1. The van der Waals surface area contributed by atoms with Crippen LogP contribution in [-0.2, 0) is 10.0 Å². The van der Waals surface area contributed by atoms with E-state index in [4.69, 9.17) is 5.26 Å². The van der Waals surface area contributed by atoms with E-state index >= 15 is 0 Å². The molecule has 1 rings (SSSR count). The molecule has 0 heterocycles. The van der Waals surface area contributed by atoms with Gasteiger partial charge in [-0.2, -0.15) is 17.0 Å². The minimum absolute atomic E-state index is 0.124. The smallest absolute Gasteiger partial charge is 0.210 e. The second-order valence-corrected chi connectivity index (χ2v) is 7.71. The number of nitrogens with zero attached hydrogens (tertiary/aromatic N) is 1. The monoisotopic (exact) mass is 284 g/mol. The number of benzene rings is 1. The highest BCUT2D eigenvalue weighted by Gasteiger charge is 2.21. The van der Waals surface area contributed by atoms with Gasteiger partial charge in [-0.3, -0.25) is 0 Å². The van der Waals surface area contributed by atoms with E-state index in [-0.39, 0.29) is 9.64 Å². The first-order valence-electron chi connectivity index (χ1n) is 5.36. The van der Waals surface area contributed by atoms with Crippen LogP contribution in [0.3, 0.4) is 0 Å². The zero-order chi connectivity index (χ0) is 13.8. The third kappa shape index (κ3) is 4.02. The maximum absolute atomic E-state index is 12.0. The molecule has 0 aliphatic rings. The summed E-state index contributed by atoms with van der Waals surface area (Å²) < 4.78 is 26.5. The van der Waals surface area contributed by atoms with Crippen LogP contribution < -0.4 is 4.72 Å². The average Bonchev–Trinajstić information content (AvgIpc) is 2.37. The van der Waals surface area contributed by atoms with E-state index < -0.39 is 10.0 Å². The Labute approximate surface area is 112 Å². The first-order valence-corrected chi connectivity index (χ1v) is 8.06. The van der Waals surface area contributed by atoms with Crippen molar-refractivity contribution in [3.63, 3.8) is 0 Å². The van der Waals surface area contributed by atoms with Crippen LogP contribution >= 0.6 is 11.8 Å². The van der Waals surface area contributed by atoms with Gasteiger partial charge in [0, 0.05) is 11.3 Å². The lowest BCUT2D eigenvalue weighted by Crippen LogP contribution is -2.36. The normalized spacial score (nSPS) is 12.1. The Balaban J connectivity index is 2.91. The standard InChI is InChI=1S/C12H16N2O2S2/c1-12(2,17-3)9-14-18(15,16)11-6-4-5-10(7-11)8-13/h4-7,14H,9H2,1-3H3. The molecule has 1 aromatic rings. The molecular weight excluding hydrogens is 268 g/mol. The molecule has 0 saturated carbocycles. The summed E-state index contributed by atoms with van der Waals surface area (Å²) in [5.74, 6) is 0. The number of hydrogen-bond acceptors (Lipinski definition) is 4. The zero-order valence-corrected chi connectivity index (χ0v) is 12.2. The summed E-state index contributed by atoms with van der Waals surface area (Å²) in [7, 11) is -3.55. The number of thioether (sulfide) groups is 1. The summed E-state index contributed by atoms with van der Waals surface area (Å²) in [6.45, 7) is 4.27. The van der Waals surface area contributed by atoms with E-state index in [9.17, 15) is 8.42 Å². The van der Waals surface area contributed by atoms with Gasteiger partial charge in [-0.15, -0.1) is 0 Å². The van der Waals surface area contributed by atoms with Gasteiger partial charge < -0.3 is 0 Å². The highest BCUT2D eigenvalue weighted by Crippen LogP contribution is 2.20. The predicted molar refractivity (Wildman–Crippen MR) is 73.9 cm³/mol. The van der Waals surface area contributed by atoms with Crippen molar-refractivity contribution in [2.75, 3.05) is 12.8 Å². The van der Waals surface area contributed by atoms with Crippen molar-refractivity contribution in [3.05, 3.63) is 29.8 Å². The topological polar surface area (TPSA) is 70.0 Å². The Kier molecular flexibility index (Phi) is 4.79. The first-order chi connectivity index (χ1) is 8.30. The van der Waals surface area contributed by atoms with Crippen LogP contribution in [0.1, 0.15) is 19.4 Å². The Morgan fingerprint density at radius 2 is 2.11 bits per heavy atom. The third-order valence-electron chi connectivity index (χ3n) is 2.51. The SMILES string of the molecule is CSC(C)(C)CNS(=O)(=O)c1cccc(C#N)c1. The average molecular weight is 284 g/mol. The molecule has 0 unspecified atom stereocenters. The summed E-state index contributed by atoms with van der Waals surface area (Å²) >= 11 is 1.59. The van der Waals surface area contributed by atoms with Crippen LogP contribution in [0.4, 0.5) is 0 Å². The van der Waals surface area contributed by atoms with Crippen molar-refractivity contribution >= 4 is 21.8 Å². The maximum atomic E-state index is 12.0. The fourth-order valence-corrected chi connectivity index (χ4v) is 2.72. The molecule has 0 aliphatic heterocycles. The molecule has 0 saturated heterocycles. The summed E-state index contributed by atoms with van der Waals surface area (Å²) in [5, 5.41) is 8.76. The molecule has 0 fully saturated rings. The minimum atomic E-state index is -3.55. The molecule has 98 valence electrons. The number of nitriles is 1. The van der Waals surface area contributed by atoms with Gasteiger partial charge in [0.15, 0.2) is 0 Å². The highest BCUT2D eigenvalue weighted by atomic mass is 32.2. The molecule has 18 heavy (non-hydrogen) atoms. The molecule has 0 radical (unpaired) electrons. The Bertz CT molecular complexity index is 560. The van der Waals surface area contributed by atoms with Crippen LogP contribution in [0.2, 0.25) is 0 Å². The fraction of sp³-hybridized carbons (Fsp3) is 0.417. The molecule has 1 N–H and O–H groups in total. The van der Waals surface area contributed by atoms with Crippen molar-refractivity contribution in [2.45, 2.75) is 23.5 Å². The highest BCUT2D eigenvalue weighted by molar-refractivity contribution is 8.00. The number of rotatable bonds is 5. The molecule has 0 amide bonds.